The van der Waals surface area contributed by atoms with E-state index in [0.717, 1.165) is 25.9 Å². The molecule has 5 heteroatoms. The lowest BCUT2D eigenvalue weighted by atomic mass is 9.98. The van der Waals surface area contributed by atoms with E-state index < -0.39 is 0 Å². The van der Waals surface area contributed by atoms with Crippen LogP contribution in [0.15, 0.2) is 21.4 Å². The van der Waals surface area contributed by atoms with Gasteiger partial charge in [-0.2, -0.15) is 0 Å². The summed E-state index contributed by atoms with van der Waals surface area (Å²) in [6.07, 6.45) is 3.66. The van der Waals surface area contributed by atoms with Crippen molar-refractivity contribution in [2.45, 2.75) is 12.8 Å². The number of nitrogens with two attached hydrogens (primary N) is 1. The number of rotatable bonds is 2. The Labute approximate surface area is 103 Å². The predicted octanol–water partition coefficient (Wildman–Crippen LogP) is 1.85. The van der Waals surface area contributed by atoms with Gasteiger partial charge < -0.3 is 15.1 Å². The number of hydrogen-bond acceptors (Lipinski definition) is 3. The molecule has 1 aromatic rings. The van der Waals surface area contributed by atoms with Crippen LogP contribution in [-0.2, 0) is 0 Å². The maximum Gasteiger partial charge on any atom is 0.258 e. The first-order valence-corrected chi connectivity index (χ1v) is 6.24. The van der Waals surface area contributed by atoms with Gasteiger partial charge >= 0.3 is 0 Å². The Morgan fingerprint density at radius 3 is 3.12 bits per heavy atom. The highest BCUT2D eigenvalue weighted by atomic mass is 79.9. The second-order valence-corrected chi connectivity index (χ2v) is 4.82. The second kappa shape index (κ2) is 5.01. The van der Waals surface area contributed by atoms with Crippen molar-refractivity contribution in [3.05, 3.63) is 22.6 Å². The summed E-state index contributed by atoms with van der Waals surface area (Å²) in [6.45, 7) is 2.22. The SMILES string of the molecule is NCC1CCCN(C(=O)c2ccoc2Br)C1. The van der Waals surface area contributed by atoms with Crippen LogP contribution in [-0.4, -0.2) is 30.4 Å². The molecule has 4 nitrogen and oxygen atoms in total. The molecule has 0 aromatic carbocycles. The Morgan fingerprint density at radius 1 is 1.69 bits per heavy atom. The largest absolute Gasteiger partial charge is 0.457 e. The first-order valence-electron chi connectivity index (χ1n) is 5.44. The summed E-state index contributed by atoms with van der Waals surface area (Å²) in [4.78, 5) is 14.0. The molecule has 88 valence electrons. The molecule has 0 radical (unpaired) electrons. The van der Waals surface area contributed by atoms with Crippen LogP contribution < -0.4 is 5.73 Å². The average molecular weight is 287 g/mol. The van der Waals surface area contributed by atoms with Crippen molar-refractivity contribution in [1.82, 2.24) is 4.90 Å². The molecule has 2 N–H and O–H groups in total. The van der Waals surface area contributed by atoms with Crippen LogP contribution in [0.5, 0.6) is 0 Å². The van der Waals surface area contributed by atoms with Gasteiger partial charge in [0.2, 0.25) is 0 Å². The van der Waals surface area contributed by atoms with Gasteiger partial charge in [-0.3, -0.25) is 4.79 Å². The number of amides is 1. The summed E-state index contributed by atoms with van der Waals surface area (Å²) in [5, 5.41) is 0. The normalized spacial score (nSPS) is 21.1. The van der Waals surface area contributed by atoms with E-state index in [9.17, 15) is 4.79 Å². The Morgan fingerprint density at radius 2 is 2.50 bits per heavy atom. The first kappa shape index (κ1) is 11.7. The van der Waals surface area contributed by atoms with Crippen LogP contribution in [0.2, 0.25) is 0 Å². The van der Waals surface area contributed by atoms with Crippen LogP contribution in [0.25, 0.3) is 0 Å². The highest BCUT2D eigenvalue weighted by molar-refractivity contribution is 9.10. The lowest BCUT2D eigenvalue weighted by molar-refractivity contribution is 0.0676. The van der Waals surface area contributed by atoms with Gasteiger partial charge in [0.05, 0.1) is 11.8 Å². The van der Waals surface area contributed by atoms with Crippen molar-refractivity contribution in [1.29, 1.82) is 0 Å². The number of hydrogen-bond donors (Lipinski definition) is 1. The zero-order valence-electron chi connectivity index (χ0n) is 8.99. The number of piperidine rings is 1. The van der Waals surface area contributed by atoms with Gasteiger partial charge in [-0.1, -0.05) is 0 Å². The summed E-state index contributed by atoms with van der Waals surface area (Å²) in [7, 11) is 0. The minimum absolute atomic E-state index is 0.0266. The third-order valence-corrected chi connectivity index (χ3v) is 3.60. The fourth-order valence-corrected chi connectivity index (χ4v) is 2.47. The standard InChI is InChI=1S/C11H15BrN2O2/c12-10-9(3-5-16-10)11(15)14-4-1-2-8(6-13)7-14/h3,5,8H,1-2,4,6-7,13H2. The monoisotopic (exact) mass is 286 g/mol. The number of carbonyl (C=O) groups excluding carboxylic acids is 1. The molecule has 0 spiro atoms. The van der Waals surface area contributed by atoms with Crippen LogP contribution in [0.1, 0.15) is 23.2 Å². The fourth-order valence-electron chi connectivity index (χ4n) is 2.06. The first-order chi connectivity index (χ1) is 7.72. The highest BCUT2D eigenvalue weighted by Crippen LogP contribution is 2.22. The van der Waals surface area contributed by atoms with E-state index in [1.165, 1.54) is 6.26 Å². The van der Waals surface area contributed by atoms with Crippen molar-refractivity contribution in [2.75, 3.05) is 19.6 Å². The molecule has 0 bridgehead atoms. The van der Waals surface area contributed by atoms with Crippen molar-refractivity contribution in [3.63, 3.8) is 0 Å². The van der Waals surface area contributed by atoms with E-state index in [2.05, 4.69) is 15.9 Å². The second-order valence-electron chi connectivity index (χ2n) is 4.10. The molecule has 1 unspecified atom stereocenters. The van der Waals surface area contributed by atoms with E-state index in [1.54, 1.807) is 6.07 Å². The van der Waals surface area contributed by atoms with Gasteiger partial charge in [-0.05, 0) is 47.3 Å². The van der Waals surface area contributed by atoms with E-state index in [1.807, 2.05) is 4.90 Å². The molecule has 1 aliphatic heterocycles. The van der Waals surface area contributed by atoms with Crippen LogP contribution in [0.4, 0.5) is 0 Å². The van der Waals surface area contributed by atoms with E-state index >= 15 is 0 Å². The summed E-state index contributed by atoms with van der Waals surface area (Å²) in [5.41, 5.74) is 6.24. The van der Waals surface area contributed by atoms with Gasteiger partial charge in [-0.15, -0.1) is 0 Å². The maximum absolute atomic E-state index is 12.1. The van der Waals surface area contributed by atoms with Crippen molar-refractivity contribution in [3.8, 4) is 0 Å². The van der Waals surface area contributed by atoms with Gasteiger partial charge in [0.15, 0.2) is 4.67 Å². The summed E-state index contributed by atoms with van der Waals surface area (Å²) >= 11 is 3.23. The molecular weight excluding hydrogens is 272 g/mol. The molecule has 2 rings (SSSR count). The minimum Gasteiger partial charge on any atom is -0.457 e. The maximum atomic E-state index is 12.1. The molecule has 16 heavy (non-hydrogen) atoms. The molecule has 1 aliphatic rings. The van der Waals surface area contributed by atoms with Gasteiger partial charge in [0, 0.05) is 13.1 Å². The predicted molar refractivity (Wildman–Crippen MR) is 64.1 cm³/mol. The van der Waals surface area contributed by atoms with Gasteiger partial charge in [0.25, 0.3) is 5.91 Å². The van der Waals surface area contributed by atoms with Gasteiger partial charge in [0.1, 0.15) is 0 Å². The molecule has 2 heterocycles. The topological polar surface area (TPSA) is 59.5 Å². The quantitative estimate of drug-likeness (QED) is 0.903. The van der Waals surface area contributed by atoms with Crippen molar-refractivity contribution >= 4 is 21.8 Å². The van der Waals surface area contributed by atoms with Crippen LogP contribution in [0.3, 0.4) is 0 Å². The Balaban J connectivity index is 2.07. The van der Waals surface area contributed by atoms with Crippen molar-refractivity contribution < 1.29 is 9.21 Å². The molecule has 0 saturated carbocycles. The lowest BCUT2D eigenvalue weighted by Gasteiger charge is -2.31. The molecule has 1 amide bonds. The van der Waals surface area contributed by atoms with E-state index in [0.29, 0.717) is 22.7 Å². The van der Waals surface area contributed by atoms with E-state index in [4.69, 9.17) is 10.2 Å². The molecule has 1 saturated heterocycles. The zero-order valence-corrected chi connectivity index (χ0v) is 10.6. The van der Waals surface area contributed by atoms with E-state index in [-0.39, 0.29) is 5.91 Å². The Bertz CT molecular complexity index is 378. The fraction of sp³-hybridized carbons (Fsp3) is 0.545. The number of furan rings is 1. The molecule has 0 aliphatic carbocycles. The summed E-state index contributed by atoms with van der Waals surface area (Å²) in [5.74, 6) is 0.460. The highest BCUT2D eigenvalue weighted by Gasteiger charge is 2.25. The number of halogens is 1. The third kappa shape index (κ3) is 2.30. The van der Waals surface area contributed by atoms with Crippen LogP contribution >= 0.6 is 15.9 Å². The minimum atomic E-state index is 0.0266. The molecule has 1 atom stereocenters. The third-order valence-electron chi connectivity index (χ3n) is 2.99. The zero-order chi connectivity index (χ0) is 11.5. The molecule has 1 aromatic heterocycles. The number of nitrogens with zero attached hydrogens (tertiary/aromatic N) is 1. The molecular formula is C11H15BrN2O2. The van der Waals surface area contributed by atoms with Crippen LogP contribution in [0, 0.1) is 5.92 Å². The summed E-state index contributed by atoms with van der Waals surface area (Å²) < 4.78 is 5.58. The molecule has 1 fully saturated rings. The smallest absolute Gasteiger partial charge is 0.258 e. The summed E-state index contributed by atoms with van der Waals surface area (Å²) in [6, 6.07) is 1.69. The Hall–Kier alpha value is -0.810. The number of carbonyl (C=O) groups is 1. The number of likely N-dealkylation sites (tertiary alicyclic amines) is 1. The lowest BCUT2D eigenvalue weighted by Crippen LogP contribution is -2.42. The van der Waals surface area contributed by atoms with Gasteiger partial charge in [-0.25, -0.2) is 0 Å². The Kier molecular flexibility index (Phi) is 3.66. The van der Waals surface area contributed by atoms with Crippen molar-refractivity contribution in [2.24, 2.45) is 11.7 Å². The average Bonchev–Trinajstić information content (AvgIpc) is 2.74.